The first-order valence-electron chi connectivity index (χ1n) is 6.94. The molecule has 2 heteroatoms. The molecule has 0 spiro atoms. The fourth-order valence-electron chi connectivity index (χ4n) is 2.47. The van der Waals surface area contributed by atoms with Gasteiger partial charge in [-0.25, -0.2) is 4.39 Å². The van der Waals surface area contributed by atoms with Crippen molar-refractivity contribution >= 4 is 0 Å². The lowest BCUT2D eigenvalue weighted by molar-refractivity contribution is 0.325. The third-order valence-electron chi connectivity index (χ3n) is 4.57. The lowest BCUT2D eigenvalue weighted by Crippen LogP contribution is -2.29. The monoisotopic (exact) mass is 249 g/mol. The molecule has 2 rings (SSSR count). The van der Waals surface area contributed by atoms with Gasteiger partial charge in [0.25, 0.3) is 0 Å². The molecular formula is C16H24FN. The Morgan fingerprint density at radius 2 is 1.94 bits per heavy atom. The van der Waals surface area contributed by atoms with Crippen molar-refractivity contribution in [3.05, 3.63) is 35.1 Å². The Balaban J connectivity index is 1.95. The van der Waals surface area contributed by atoms with Crippen LogP contribution in [0.3, 0.4) is 0 Å². The van der Waals surface area contributed by atoms with Crippen LogP contribution >= 0.6 is 0 Å². The zero-order chi connectivity index (χ0) is 13.3. The average molecular weight is 249 g/mol. The molecule has 100 valence electrons. The minimum atomic E-state index is -0.105. The van der Waals surface area contributed by atoms with E-state index in [9.17, 15) is 4.39 Å². The molecule has 1 N–H and O–H groups in total. The third-order valence-corrected chi connectivity index (χ3v) is 4.57. The van der Waals surface area contributed by atoms with Gasteiger partial charge in [0, 0.05) is 12.6 Å². The quantitative estimate of drug-likeness (QED) is 0.823. The van der Waals surface area contributed by atoms with Gasteiger partial charge in [0.05, 0.1) is 0 Å². The molecule has 0 radical (unpaired) electrons. The van der Waals surface area contributed by atoms with Gasteiger partial charge in [0.15, 0.2) is 0 Å². The Bertz CT molecular complexity index is 421. The van der Waals surface area contributed by atoms with E-state index in [4.69, 9.17) is 0 Å². The lowest BCUT2D eigenvalue weighted by atomic mass is 9.92. The van der Waals surface area contributed by atoms with Crippen molar-refractivity contribution in [2.75, 3.05) is 6.54 Å². The molecule has 1 unspecified atom stereocenters. The van der Waals surface area contributed by atoms with Crippen LogP contribution in [-0.4, -0.2) is 6.54 Å². The van der Waals surface area contributed by atoms with E-state index in [0.29, 0.717) is 11.0 Å². The van der Waals surface area contributed by atoms with Crippen LogP contribution in [0.15, 0.2) is 18.2 Å². The maximum Gasteiger partial charge on any atom is 0.126 e. The molecule has 1 saturated carbocycles. The van der Waals surface area contributed by atoms with Crippen LogP contribution in [0.25, 0.3) is 0 Å². The van der Waals surface area contributed by atoms with Gasteiger partial charge < -0.3 is 5.32 Å². The Morgan fingerprint density at radius 3 is 2.44 bits per heavy atom. The molecule has 0 amide bonds. The first-order valence-corrected chi connectivity index (χ1v) is 6.94. The summed E-state index contributed by atoms with van der Waals surface area (Å²) in [6.07, 6.45) is 2.65. The van der Waals surface area contributed by atoms with E-state index in [2.05, 4.69) is 26.1 Å². The molecule has 18 heavy (non-hydrogen) atoms. The fraction of sp³-hybridized carbons (Fsp3) is 0.625. The van der Waals surface area contributed by atoms with E-state index in [-0.39, 0.29) is 11.9 Å². The highest BCUT2D eigenvalue weighted by Crippen LogP contribution is 2.51. The summed E-state index contributed by atoms with van der Waals surface area (Å²) in [5, 5.41) is 3.56. The molecule has 1 fully saturated rings. The normalized spacial score (nSPS) is 19.0. The van der Waals surface area contributed by atoms with Crippen LogP contribution < -0.4 is 5.32 Å². The van der Waals surface area contributed by atoms with E-state index in [1.54, 1.807) is 13.0 Å². The molecule has 0 saturated heterocycles. The summed E-state index contributed by atoms with van der Waals surface area (Å²) in [6, 6.07) is 5.75. The van der Waals surface area contributed by atoms with Crippen molar-refractivity contribution in [1.29, 1.82) is 0 Å². The third kappa shape index (κ3) is 2.74. The number of rotatable bonds is 5. The number of halogens is 1. The zero-order valence-corrected chi connectivity index (χ0v) is 11.9. The molecule has 0 aliphatic heterocycles. The second-order valence-electron chi connectivity index (χ2n) is 6.13. The Kier molecular flexibility index (Phi) is 3.76. The summed E-state index contributed by atoms with van der Waals surface area (Å²) in [5.41, 5.74) is 2.25. The standard InChI is InChI=1S/C16H24FN/c1-11(2)16(7-8-16)10-18-13(4)14-6-5-12(3)15(17)9-14/h5-6,9,11,13,18H,7-8,10H2,1-4H3. The van der Waals surface area contributed by atoms with E-state index >= 15 is 0 Å². The minimum Gasteiger partial charge on any atom is -0.310 e. The van der Waals surface area contributed by atoms with Gasteiger partial charge in [-0.15, -0.1) is 0 Å². The van der Waals surface area contributed by atoms with Gasteiger partial charge in [0.2, 0.25) is 0 Å². The van der Waals surface area contributed by atoms with Crippen molar-refractivity contribution in [3.63, 3.8) is 0 Å². The largest absolute Gasteiger partial charge is 0.310 e. The SMILES string of the molecule is Cc1ccc(C(C)NCC2(C(C)C)CC2)cc1F. The van der Waals surface area contributed by atoms with Crippen LogP contribution in [0.4, 0.5) is 4.39 Å². The van der Waals surface area contributed by atoms with Crippen LogP contribution in [0, 0.1) is 24.1 Å². The predicted octanol–water partition coefficient (Wildman–Crippen LogP) is 4.22. The molecule has 1 aliphatic rings. The highest BCUT2D eigenvalue weighted by atomic mass is 19.1. The average Bonchev–Trinajstić information content (AvgIpc) is 3.11. The smallest absolute Gasteiger partial charge is 0.126 e. The summed E-state index contributed by atoms with van der Waals surface area (Å²) in [6.45, 7) is 9.55. The van der Waals surface area contributed by atoms with Gasteiger partial charge in [-0.2, -0.15) is 0 Å². The topological polar surface area (TPSA) is 12.0 Å². The summed E-state index contributed by atoms with van der Waals surface area (Å²) >= 11 is 0. The van der Waals surface area contributed by atoms with Crippen LogP contribution in [-0.2, 0) is 0 Å². The molecule has 1 aromatic carbocycles. The van der Waals surface area contributed by atoms with Crippen molar-refractivity contribution in [2.45, 2.75) is 46.6 Å². The number of nitrogens with one attached hydrogen (secondary N) is 1. The summed E-state index contributed by atoms with van der Waals surface area (Å²) in [7, 11) is 0. The first kappa shape index (κ1) is 13.5. The molecule has 1 aromatic rings. The molecule has 1 nitrogen and oxygen atoms in total. The van der Waals surface area contributed by atoms with Gasteiger partial charge in [0.1, 0.15) is 5.82 Å². The second-order valence-corrected chi connectivity index (χ2v) is 6.13. The second kappa shape index (κ2) is 5.00. The summed E-state index contributed by atoms with van der Waals surface area (Å²) in [4.78, 5) is 0. The summed E-state index contributed by atoms with van der Waals surface area (Å²) < 4.78 is 13.5. The summed E-state index contributed by atoms with van der Waals surface area (Å²) in [5.74, 6) is 0.623. The van der Waals surface area contributed by atoms with E-state index in [1.165, 1.54) is 12.8 Å². The van der Waals surface area contributed by atoms with E-state index in [1.807, 2.05) is 12.1 Å². The number of hydrogen-bond acceptors (Lipinski definition) is 1. The Labute approximate surface area is 110 Å². The molecule has 0 heterocycles. The first-order chi connectivity index (χ1) is 8.44. The van der Waals surface area contributed by atoms with Gasteiger partial charge >= 0.3 is 0 Å². The molecule has 0 bridgehead atoms. The van der Waals surface area contributed by atoms with Crippen molar-refractivity contribution in [2.24, 2.45) is 11.3 Å². The van der Waals surface area contributed by atoms with Crippen molar-refractivity contribution in [1.82, 2.24) is 5.32 Å². The Hall–Kier alpha value is -0.890. The lowest BCUT2D eigenvalue weighted by Gasteiger charge is -2.23. The maximum atomic E-state index is 13.5. The van der Waals surface area contributed by atoms with Gasteiger partial charge in [-0.1, -0.05) is 26.0 Å². The number of aryl methyl sites for hydroxylation is 1. The zero-order valence-electron chi connectivity index (χ0n) is 11.9. The minimum absolute atomic E-state index is 0.105. The molecule has 1 atom stereocenters. The highest BCUT2D eigenvalue weighted by Gasteiger charge is 2.44. The highest BCUT2D eigenvalue weighted by molar-refractivity contribution is 5.25. The van der Waals surface area contributed by atoms with Crippen LogP contribution in [0.2, 0.25) is 0 Å². The van der Waals surface area contributed by atoms with Crippen LogP contribution in [0.5, 0.6) is 0 Å². The predicted molar refractivity (Wildman–Crippen MR) is 74.1 cm³/mol. The van der Waals surface area contributed by atoms with Gasteiger partial charge in [-0.3, -0.25) is 0 Å². The molecule has 1 aliphatic carbocycles. The molecule has 0 aromatic heterocycles. The maximum absolute atomic E-state index is 13.5. The van der Waals surface area contributed by atoms with Crippen molar-refractivity contribution < 1.29 is 4.39 Å². The number of benzene rings is 1. The number of hydrogen-bond donors (Lipinski definition) is 1. The van der Waals surface area contributed by atoms with E-state index in [0.717, 1.165) is 18.0 Å². The van der Waals surface area contributed by atoms with Gasteiger partial charge in [-0.05, 0) is 55.2 Å². The molecular weight excluding hydrogens is 225 g/mol. The fourth-order valence-corrected chi connectivity index (χ4v) is 2.47. The van der Waals surface area contributed by atoms with E-state index < -0.39 is 0 Å². The Morgan fingerprint density at radius 1 is 1.28 bits per heavy atom. The van der Waals surface area contributed by atoms with Crippen LogP contribution in [0.1, 0.15) is 50.8 Å². The van der Waals surface area contributed by atoms with Crippen molar-refractivity contribution in [3.8, 4) is 0 Å².